The molecule has 0 aromatic heterocycles. The Hall–Kier alpha value is -0.570. The predicted molar refractivity (Wildman–Crippen MR) is 124 cm³/mol. The van der Waals surface area contributed by atoms with Crippen molar-refractivity contribution >= 4 is 35.8 Å². The van der Waals surface area contributed by atoms with Crippen LogP contribution in [0.5, 0.6) is 0 Å². The van der Waals surface area contributed by atoms with Crippen LogP contribution in [0, 0.1) is 0 Å². The van der Waals surface area contributed by atoms with Gasteiger partial charge in [0.05, 0.1) is 0 Å². The molecule has 7 heteroatoms. The van der Waals surface area contributed by atoms with E-state index in [0.29, 0.717) is 18.0 Å². The van der Waals surface area contributed by atoms with Crippen LogP contribution in [0.25, 0.3) is 0 Å². The van der Waals surface area contributed by atoms with Crippen molar-refractivity contribution in [1.82, 2.24) is 20.4 Å². The summed E-state index contributed by atoms with van der Waals surface area (Å²) in [6.07, 6.45) is 7.31. The summed E-state index contributed by atoms with van der Waals surface area (Å²) in [5, 5.41) is 7.00. The number of guanidine groups is 1. The molecule has 2 heterocycles. The van der Waals surface area contributed by atoms with Crippen molar-refractivity contribution in [3.05, 3.63) is 0 Å². The highest BCUT2D eigenvalue weighted by molar-refractivity contribution is 14.0. The van der Waals surface area contributed by atoms with E-state index in [9.17, 15) is 4.79 Å². The Morgan fingerprint density at radius 3 is 2.52 bits per heavy atom. The third-order valence-electron chi connectivity index (χ3n) is 5.57. The van der Waals surface area contributed by atoms with Crippen molar-refractivity contribution in [1.29, 1.82) is 0 Å². The number of nitrogens with one attached hydrogen (secondary N) is 2. The fourth-order valence-corrected chi connectivity index (χ4v) is 4.09. The van der Waals surface area contributed by atoms with E-state index in [-0.39, 0.29) is 24.0 Å². The molecular weight excluding hydrogens is 453 g/mol. The van der Waals surface area contributed by atoms with Crippen molar-refractivity contribution in [3.8, 4) is 0 Å². The maximum atomic E-state index is 12.0. The zero-order valence-corrected chi connectivity index (χ0v) is 19.8. The molecule has 1 unspecified atom stereocenters. The monoisotopic (exact) mass is 493 g/mol. The summed E-state index contributed by atoms with van der Waals surface area (Å²) in [4.78, 5) is 21.4. The molecule has 2 rings (SSSR count). The van der Waals surface area contributed by atoms with Crippen molar-refractivity contribution in [2.45, 2.75) is 77.8 Å². The number of carbonyl (C=O) groups excluding carboxylic acids is 1. The molecule has 6 nitrogen and oxygen atoms in total. The van der Waals surface area contributed by atoms with Gasteiger partial charge in [0.2, 0.25) is 5.91 Å². The van der Waals surface area contributed by atoms with Gasteiger partial charge in [-0.05, 0) is 52.0 Å². The van der Waals surface area contributed by atoms with E-state index in [2.05, 4.69) is 41.2 Å². The summed E-state index contributed by atoms with van der Waals surface area (Å²) in [6, 6.07) is 0.858. The Morgan fingerprint density at radius 1 is 1.22 bits per heavy atom. The first-order chi connectivity index (χ1) is 12.7. The molecule has 0 spiro atoms. The van der Waals surface area contributed by atoms with Crippen LogP contribution in [0.2, 0.25) is 0 Å². The Bertz CT molecular complexity index is 452. The number of piperidine rings is 1. The molecule has 1 atom stereocenters. The SMILES string of the molecule is CCCN1CCC(NC(=NCCC(CC)N2CCCC2=O)NCC)CC1.I. The molecule has 2 saturated heterocycles. The molecule has 0 saturated carbocycles. The molecule has 0 aromatic carbocycles. The molecule has 2 N–H and O–H groups in total. The van der Waals surface area contributed by atoms with Crippen LogP contribution in [-0.2, 0) is 4.79 Å². The summed E-state index contributed by atoms with van der Waals surface area (Å²) >= 11 is 0. The fourth-order valence-electron chi connectivity index (χ4n) is 4.09. The van der Waals surface area contributed by atoms with Gasteiger partial charge in [0.15, 0.2) is 5.96 Å². The average molecular weight is 493 g/mol. The highest BCUT2D eigenvalue weighted by Gasteiger charge is 2.26. The Labute approximate surface area is 182 Å². The van der Waals surface area contributed by atoms with Crippen LogP contribution >= 0.6 is 24.0 Å². The van der Waals surface area contributed by atoms with E-state index in [1.165, 1.54) is 38.9 Å². The zero-order chi connectivity index (χ0) is 18.8. The van der Waals surface area contributed by atoms with Gasteiger partial charge in [-0.15, -0.1) is 24.0 Å². The van der Waals surface area contributed by atoms with Crippen molar-refractivity contribution < 1.29 is 4.79 Å². The van der Waals surface area contributed by atoms with E-state index in [4.69, 9.17) is 4.99 Å². The fraction of sp³-hybridized carbons (Fsp3) is 0.900. The van der Waals surface area contributed by atoms with E-state index in [1.54, 1.807) is 0 Å². The summed E-state index contributed by atoms with van der Waals surface area (Å²) in [5.74, 6) is 1.26. The second kappa shape index (κ2) is 13.6. The molecule has 2 fully saturated rings. The first-order valence-corrected chi connectivity index (χ1v) is 10.7. The number of aliphatic imine (C=N–C) groups is 1. The lowest BCUT2D eigenvalue weighted by atomic mass is 10.1. The molecule has 2 aliphatic rings. The van der Waals surface area contributed by atoms with Crippen molar-refractivity contribution in [2.75, 3.05) is 39.3 Å². The summed E-state index contributed by atoms with van der Waals surface area (Å²) in [5.41, 5.74) is 0. The predicted octanol–water partition coefficient (Wildman–Crippen LogP) is 2.83. The average Bonchev–Trinajstić information content (AvgIpc) is 3.06. The molecule has 158 valence electrons. The molecule has 2 aliphatic heterocycles. The standard InChI is InChI=1S/C20H39N5O.HI/c1-4-13-24-15-10-17(11-16-24)23-20(21-6-3)22-12-9-18(5-2)25-14-7-8-19(25)26;/h17-18H,4-16H2,1-3H3,(H2,21,22,23);1H. The van der Waals surface area contributed by atoms with Gasteiger partial charge in [-0.2, -0.15) is 0 Å². The number of rotatable bonds is 9. The maximum Gasteiger partial charge on any atom is 0.222 e. The highest BCUT2D eigenvalue weighted by Crippen LogP contribution is 2.18. The second-order valence-corrected chi connectivity index (χ2v) is 7.56. The molecule has 0 bridgehead atoms. The van der Waals surface area contributed by atoms with Gasteiger partial charge in [-0.25, -0.2) is 0 Å². The normalized spacial score (nSPS) is 20.5. The molecular formula is C20H40IN5O. The van der Waals surface area contributed by atoms with E-state index in [0.717, 1.165) is 51.3 Å². The number of nitrogens with zero attached hydrogens (tertiary/aromatic N) is 3. The van der Waals surface area contributed by atoms with Gasteiger partial charge < -0.3 is 20.4 Å². The smallest absolute Gasteiger partial charge is 0.222 e. The number of likely N-dealkylation sites (tertiary alicyclic amines) is 2. The van der Waals surface area contributed by atoms with Gasteiger partial charge >= 0.3 is 0 Å². The second-order valence-electron chi connectivity index (χ2n) is 7.56. The minimum atomic E-state index is 0. The van der Waals surface area contributed by atoms with Gasteiger partial charge in [0.1, 0.15) is 0 Å². The van der Waals surface area contributed by atoms with Crippen LogP contribution in [0.3, 0.4) is 0 Å². The lowest BCUT2D eigenvalue weighted by molar-refractivity contribution is -0.129. The molecule has 0 aliphatic carbocycles. The molecule has 27 heavy (non-hydrogen) atoms. The first kappa shape index (κ1) is 24.5. The van der Waals surface area contributed by atoms with Gasteiger partial charge in [0.25, 0.3) is 0 Å². The van der Waals surface area contributed by atoms with Crippen molar-refractivity contribution in [2.24, 2.45) is 4.99 Å². The summed E-state index contributed by atoms with van der Waals surface area (Å²) in [6.45, 7) is 12.7. The molecule has 0 aromatic rings. The van der Waals surface area contributed by atoms with E-state index < -0.39 is 0 Å². The van der Waals surface area contributed by atoms with Crippen LogP contribution in [0.4, 0.5) is 0 Å². The third kappa shape index (κ3) is 8.13. The number of hydrogen-bond donors (Lipinski definition) is 2. The minimum Gasteiger partial charge on any atom is -0.357 e. The van der Waals surface area contributed by atoms with Gasteiger partial charge in [-0.3, -0.25) is 9.79 Å². The Morgan fingerprint density at radius 2 is 1.96 bits per heavy atom. The first-order valence-electron chi connectivity index (χ1n) is 10.7. The molecule has 1 amide bonds. The van der Waals surface area contributed by atoms with E-state index >= 15 is 0 Å². The maximum absolute atomic E-state index is 12.0. The lowest BCUT2D eigenvalue weighted by Crippen LogP contribution is -2.48. The number of carbonyl (C=O) groups is 1. The Balaban J connectivity index is 0.00000364. The number of amides is 1. The lowest BCUT2D eigenvalue weighted by Gasteiger charge is -2.33. The van der Waals surface area contributed by atoms with Gasteiger partial charge in [0, 0.05) is 51.2 Å². The number of hydrogen-bond acceptors (Lipinski definition) is 3. The quantitative estimate of drug-likeness (QED) is 0.295. The summed E-state index contributed by atoms with van der Waals surface area (Å²) < 4.78 is 0. The van der Waals surface area contributed by atoms with Crippen LogP contribution in [0.15, 0.2) is 4.99 Å². The number of halogens is 1. The highest BCUT2D eigenvalue weighted by atomic mass is 127. The zero-order valence-electron chi connectivity index (χ0n) is 17.5. The minimum absolute atomic E-state index is 0. The van der Waals surface area contributed by atoms with Gasteiger partial charge in [-0.1, -0.05) is 13.8 Å². The molecule has 0 radical (unpaired) electrons. The van der Waals surface area contributed by atoms with Crippen molar-refractivity contribution in [3.63, 3.8) is 0 Å². The third-order valence-corrected chi connectivity index (χ3v) is 5.57. The summed E-state index contributed by atoms with van der Waals surface area (Å²) in [7, 11) is 0. The van der Waals surface area contributed by atoms with Crippen LogP contribution in [-0.4, -0.2) is 73.0 Å². The topological polar surface area (TPSA) is 60.0 Å². The van der Waals surface area contributed by atoms with Crippen LogP contribution < -0.4 is 10.6 Å². The Kier molecular flexibility index (Phi) is 12.3. The van der Waals surface area contributed by atoms with E-state index in [1.807, 2.05) is 0 Å². The largest absolute Gasteiger partial charge is 0.357 e. The van der Waals surface area contributed by atoms with Crippen LogP contribution in [0.1, 0.15) is 65.7 Å².